The van der Waals surface area contributed by atoms with E-state index in [0.29, 0.717) is 6.54 Å². The van der Waals surface area contributed by atoms with E-state index < -0.39 is 0 Å². The quantitative estimate of drug-likeness (QED) is 0.886. The maximum Gasteiger partial charge on any atom is 0.222 e. The van der Waals surface area contributed by atoms with Gasteiger partial charge in [0.1, 0.15) is 0 Å². The van der Waals surface area contributed by atoms with E-state index in [-0.39, 0.29) is 24.3 Å². The van der Waals surface area contributed by atoms with Gasteiger partial charge in [-0.3, -0.25) is 9.59 Å². The first-order valence-corrected chi connectivity index (χ1v) is 7.09. The molecule has 21 heavy (non-hydrogen) atoms. The number of rotatable bonds is 5. The number of hydrogen-bond acceptors (Lipinski definition) is 2. The van der Waals surface area contributed by atoms with E-state index in [9.17, 15) is 9.59 Å². The third-order valence-electron chi connectivity index (χ3n) is 3.39. The minimum atomic E-state index is -0.120. The van der Waals surface area contributed by atoms with Crippen LogP contribution in [0.1, 0.15) is 31.9 Å². The minimum absolute atomic E-state index is 0.0656. The Kier molecular flexibility index (Phi) is 4.93. The first kappa shape index (κ1) is 15.0. The predicted molar refractivity (Wildman–Crippen MR) is 83.8 cm³/mol. The fourth-order valence-corrected chi connectivity index (χ4v) is 2.37. The van der Waals surface area contributed by atoms with Crippen LogP contribution in [-0.4, -0.2) is 18.4 Å². The second kappa shape index (κ2) is 6.88. The maximum atomic E-state index is 11.9. The molecule has 0 radical (unpaired) electrons. The fourth-order valence-electron chi connectivity index (χ4n) is 2.37. The van der Waals surface area contributed by atoms with Gasteiger partial charge in [0.15, 0.2) is 0 Å². The maximum absolute atomic E-state index is 11.9. The lowest BCUT2D eigenvalue weighted by atomic mass is 9.99. The summed E-state index contributed by atoms with van der Waals surface area (Å²) in [4.78, 5) is 22.7. The normalized spacial score (nSPS) is 11.9. The zero-order valence-electron chi connectivity index (χ0n) is 12.3. The highest BCUT2D eigenvalue weighted by atomic mass is 16.2. The van der Waals surface area contributed by atoms with Gasteiger partial charge in [-0.1, -0.05) is 42.5 Å². The standard InChI is InChI=1S/C17H20N2O2/c1-12(19-17(21)10-11-18-13(2)20)15-9-5-7-14-6-3-4-8-16(14)15/h3-9,12H,10-11H2,1-2H3,(H,18,20)(H,19,21). The van der Waals surface area contributed by atoms with Crippen LogP contribution < -0.4 is 10.6 Å². The third kappa shape index (κ3) is 4.05. The smallest absolute Gasteiger partial charge is 0.222 e. The van der Waals surface area contributed by atoms with Crippen molar-refractivity contribution >= 4 is 22.6 Å². The Balaban J connectivity index is 2.03. The van der Waals surface area contributed by atoms with Crippen molar-refractivity contribution in [3.8, 4) is 0 Å². The molecule has 4 nitrogen and oxygen atoms in total. The van der Waals surface area contributed by atoms with Crippen LogP contribution in [0.25, 0.3) is 10.8 Å². The van der Waals surface area contributed by atoms with Gasteiger partial charge in [0.05, 0.1) is 6.04 Å². The van der Waals surface area contributed by atoms with Crippen molar-refractivity contribution in [2.24, 2.45) is 0 Å². The van der Waals surface area contributed by atoms with Crippen molar-refractivity contribution in [3.63, 3.8) is 0 Å². The van der Waals surface area contributed by atoms with E-state index in [1.807, 2.05) is 31.2 Å². The molecule has 2 aromatic rings. The van der Waals surface area contributed by atoms with Crippen LogP contribution >= 0.6 is 0 Å². The molecule has 2 N–H and O–H groups in total. The molecule has 0 aliphatic heterocycles. The Labute approximate surface area is 124 Å². The molecule has 0 aliphatic carbocycles. The highest BCUT2D eigenvalue weighted by molar-refractivity contribution is 5.87. The molecule has 1 unspecified atom stereocenters. The van der Waals surface area contributed by atoms with Crippen molar-refractivity contribution in [1.82, 2.24) is 10.6 Å². The monoisotopic (exact) mass is 284 g/mol. The molecular formula is C17H20N2O2. The Hall–Kier alpha value is -2.36. The second-order valence-corrected chi connectivity index (χ2v) is 5.09. The van der Waals surface area contributed by atoms with Crippen molar-refractivity contribution < 1.29 is 9.59 Å². The third-order valence-corrected chi connectivity index (χ3v) is 3.39. The number of benzene rings is 2. The van der Waals surface area contributed by atoms with Gasteiger partial charge in [-0.05, 0) is 23.3 Å². The summed E-state index contributed by atoms with van der Waals surface area (Å²) >= 11 is 0. The molecule has 1 atom stereocenters. The molecule has 0 spiro atoms. The van der Waals surface area contributed by atoms with Gasteiger partial charge in [-0.25, -0.2) is 0 Å². The summed E-state index contributed by atoms with van der Waals surface area (Å²) in [5.41, 5.74) is 1.10. The summed E-state index contributed by atoms with van der Waals surface area (Å²) in [6, 6.07) is 14.1. The molecule has 0 saturated carbocycles. The van der Waals surface area contributed by atoms with Gasteiger partial charge < -0.3 is 10.6 Å². The number of fused-ring (bicyclic) bond motifs is 1. The molecule has 0 saturated heterocycles. The molecule has 0 fully saturated rings. The van der Waals surface area contributed by atoms with E-state index in [1.165, 1.54) is 6.92 Å². The zero-order chi connectivity index (χ0) is 15.2. The van der Waals surface area contributed by atoms with Crippen molar-refractivity contribution in [3.05, 3.63) is 48.0 Å². The highest BCUT2D eigenvalue weighted by Crippen LogP contribution is 2.23. The van der Waals surface area contributed by atoms with Crippen LogP contribution in [0.4, 0.5) is 0 Å². The highest BCUT2D eigenvalue weighted by Gasteiger charge is 2.11. The first-order valence-electron chi connectivity index (χ1n) is 7.09. The number of nitrogens with one attached hydrogen (secondary N) is 2. The van der Waals surface area contributed by atoms with Gasteiger partial charge in [0, 0.05) is 19.9 Å². The summed E-state index contributed by atoms with van der Waals surface area (Å²) in [6.45, 7) is 3.78. The van der Waals surface area contributed by atoms with E-state index in [0.717, 1.165) is 16.3 Å². The SMILES string of the molecule is CC(=O)NCCC(=O)NC(C)c1cccc2ccccc12. The first-order chi connectivity index (χ1) is 10.1. The average Bonchev–Trinajstić information content (AvgIpc) is 2.46. The summed E-state index contributed by atoms with van der Waals surface area (Å²) in [5, 5.41) is 7.90. The molecular weight excluding hydrogens is 264 g/mol. The van der Waals surface area contributed by atoms with Gasteiger partial charge in [-0.15, -0.1) is 0 Å². The Morgan fingerprint density at radius 2 is 1.81 bits per heavy atom. The average molecular weight is 284 g/mol. The number of carbonyl (C=O) groups is 2. The second-order valence-electron chi connectivity index (χ2n) is 5.09. The van der Waals surface area contributed by atoms with Gasteiger partial charge in [0.25, 0.3) is 0 Å². The van der Waals surface area contributed by atoms with Crippen molar-refractivity contribution in [1.29, 1.82) is 0 Å². The zero-order valence-corrected chi connectivity index (χ0v) is 12.3. The van der Waals surface area contributed by atoms with E-state index >= 15 is 0 Å². The van der Waals surface area contributed by atoms with Crippen molar-refractivity contribution in [2.45, 2.75) is 26.3 Å². The number of amides is 2. The Morgan fingerprint density at radius 1 is 1.10 bits per heavy atom. The van der Waals surface area contributed by atoms with Crippen LogP contribution in [-0.2, 0) is 9.59 Å². The van der Waals surface area contributed by atoms with Crippen LogP contribution in [0.2, 0.25) is 0 Å². The fraction of sp³-hybridized carbons (Fsp3) is 0.294. The van der Waals surface area contributed by atoms with E-state index in [2.05, 4.69) is 28.8 Å². The number of carbonyl (C=O) groups excluding carboxylic acids is 2. The molecule has 0 bridgehead atoms. The molecule has 0 heterocycles. The van der Waals surface area contributed by atoms with Gasteiger partial charge in [-0.2, -0.15) is 0 Å². The lowest BCUT2D eigenvalue weighted by Crippen LogP contribution is -2.31. The predicted octanol–water partition coefficient (Wildman–Crippen LogP) is 2.54. The van der Waals surface area contributed by atoms with E-state index in [1.54, 1.807) is 0 Å². The van der Waals surface area contributed by atoms with Crippen LogP contribution in [0.5, 0.6) is 0 Å². The van der Waals surface area contributed by atoms with Gasteiger partial charge in [0.2, 0.25) is 11.8 Å². The lowest BCUT2D eigenvalue weighted by Gasteiger charge is -2.16. The minimum Gasteiger partial charge on any atom is -0.356 e. The molecule has 0 aliphatic rings. The molecule has 110 valence electrons. The van der Waals surface area contributed by atoms with Crippen LogP contribution in [0.3, 0.4) is 0 Å². The van der Waals surface area contributed by atoms with Crippen LogP contribution in [0.15, 0.2) is 42.5 Å². The molecule has 2 aromatic carbocycles. The molecule has 0 aromatic heterocycles. The van der Waals surface area contributed by atoms with Crippen molar-refractivity contribution in [2.75, 3.05) is 6.54 Å². The molecule has 4 heteroatoms. The molecule has 2 rings (SSSR count). The molecule has 2 amide bonds. The summed E-state index contributed by atoms with van der Waals surface area (Å²) < 4.78 is 0. The summed E-state index contributed by atoms with van der Waals surface area (Å²) in [6.07, 6.45) is 0.286. The largest absolute Gasteiger partial charge is 0.356 e. The lowest BCUT2D eigenvalue weighted by molar-refractivity contribution is -0.122. The number of hydrogen-bond donors (Lipinski definition) is 2. The topological polar surface area (TPSA) is 58.2 Å². The van der Waals surface area contributed by atoms with Crippen LogP contribution in [0, 0.1) is 0 Å². The Bertz CT molecular complexity index is 647. The Morgan fingerprint density at radius 3 is 2.57 bits per heavy atom. The van der Waals surface area contributed by atoms with E-state index in [4.69, 9.17) is 0 Å². The van der Waals surface area contributed by atoms with Gasteiger partial charge >= 0.3 is 0 Å². The summed E-state index contributed by atoms with van der Waals surface area (Å²) in [7, 11) is 0. The summed E-state index contributed by atoms with van der Waals surface area (Å²) in [5.74, 6) is -0.186.